The van der Waals surface area contributed by atoms with Gasteiger partial charge in [0.2, 0.25) is 0 Å². The molecular formula is MnMoO4. The molecule has 37 valence electrons. The Morgan fingerprint density at radius 3 is 0.500 bits per heavy atom. The largest absolute Gasteiger partial charge is 6.00 e. The fraction of sp³-hybridized carbons (Fsp3) is 0. The Morgan fingerprint density at radius 1 is 0.500 bits per heavy atom. The van der Waals surface area contributed by atoms with Gasteiger partial charge in [0.25, 0.3) is 0 Å². The zero-order valence-electron chi connectivity index (χ0n) is 2.42. The van der Waals surface area contributed by atoms with Crippen LogP contribution >= 0.6 is 0 Å². The van der Waals surface area contributed by atoms with Crippen LogP contribution in [0.15, 0.2) is 0 Å². The van der Waals surface area contributed by atoms with Gasteiger partial charge in [-0.2, -0.15) is 0 Å². The summed E-state index contributed by atoms with van der Waals surface area (Å²) in [5.41, 5.74) is 0. The molecule has 4 nitrogen and oxygen atoms in total. The molecule has 0 heterocycles. The Kier molecular flexibility index (Phi) is 5490. The predicted molar refractivity (Wildman–Crippen MR) is 2.75 cm³/mol. The quantitative estimate of drug-likeness (QED) is 0.485. The normalized spacial score (nSPS) is 0. The summed E-state index contributed by atoms with van der Waals surface area (Å²) in [4.78, 5) is 0. The van der Waals surface area contributed by atoms with Crippen molar-refractivity contribution >= 4 is 0 Å². The van der Waals surface area contributed by atoms with E-state index in [1.165, 1.54) is 0 Å². The number of hydrogen-bond donors (Lipinski definition) is 0. The van der Waals surface area contributed by atoms with Gasteiger partial charge in [-0.3, -0.25) is 0 Å². The van der Waals surface area contributed by atoms with Gasteiger partial charge in [-0.05, 0) is 0 Å². The van der Waals surface area contributed by atoms with Crippen molar-refractivity contribution in [2.24, 2.45) is 0 Å². The first-order chi connectivity index (χ1) is 0. The molecule has 0 N–H and O–H groups in total. The Morgan fingerprint density at radius 2 is 0.500 bits per heavy atom. The molecule has 0 amide bonds. The minimum atomic E-state index is 0. The number of rotatable bonds is 0. The Balaban J connectivity index is 0. The molecule has 0 fully saturated rings. The molecule has 0 aromatic carbocycles. The summed E-state index contributed by atoms with van der Waals surface area (Å²) in [5.74, 6) is 0. The van der Waals surface area contributed by atoms with Gasteiger partial charge in [-0.25, -0.2) is 0 Å². The van der Waals surface area contributed by atoms with Gasteiger partial charge < -0.3 is 21.9 Å². The third kappa shape index (κ3) is 75.3. The second kappa shape index (κ2) is 140. The fourth-order valence-corrected chi connectivity index (χ4v) is 0. The van der Waals surface area contributed by atoms with E-state index in [2.05, 4.69) is 0 Å². The Labute approximate surface area is 60.3 Å². The van der Waals surface area contributed by atoms with Crippen LogP contribution in [0.1, 0.15) is 0 Å². The molecule has 0 aromatic heterocycles. The van der Waals surface area contributed by atoms with E-state index in [4.69, 9.17) is 0 Å². The molecular weight excluding hydrogens is 215 g/mol. The molecule has 0 saturated heterocycles. The first kappa shape index (κ1) is 235. The van der Waals surface area contributed by atoms with Crippen LogP contribution in [-0.4, -0.2) is 0 Å². The molecule has 6 heteroatoms. The van der Waals surface area contributed by atoms with Gasteiger partial charge in [0, 0.05) is 0 Å². The van der Waals surface area contributed by atoms with Crippen LogP contribution in [0.25, 0.3) is 0 Å². The summed E-state index contributed by atoms with van der Waals surface area (Å²) in [6, 6.07) is 0. The SMILES string of the molecule is [Mn+2].[Mo+6].[O-2].[O-2].[O-2].[O-2]. The van der Waals surface area contributed by atoms with Crippen molar-refractivity contribution in [3.8, 4) is 0 Å². The van der Waals surface area contributed by atoms with E-state index in [1.54, 1.807) is 0 Å². The third-order valence-electron chi connectivity index (χ3n) is 0. The van der Waals surface area contributed by atoms with Crippen molar-refractivity contribution in [2.75, 3.05) is 0 Å². The summed E-state index contributed by atoms with van der Waals surface area (Å²) in [6.07, 6.45) is 0. The maximum atomic E-state index is 0. The Bertz CT molecular complexity index is 7.51. The molecule has 0 bridgehead atoms. The Hall–Kier alpha value is 1.05. The minimum absolute atomic E-state index is 0. The summed E-state index contributed by atoms with van der Waals surface area (Å²) in [5, 5.41) is 0. The molecule has 1 radical (unpaired) electrons. The first-order valence-corrected chi connectivity index (χ1v) is 0. The average Bonchev–Trinajstić information content (AvgIpc) is 0. The zero-order valence-corrected chi connectivity index (χ0v) is 5.61. The van der Waals surface area contributed by atoms with Crippen molar-refractivity contribution in [3.05, 3.63) is 0 Å². The molecule has 0 aromatic rings. The van der Waals surface area contributed by atoms with Gasteiger partial charge in [0.1, 0.15) is 0 Å². The third-order valence-corrected chi connectivity index (χ3v) is 0. The van der Waals surface area contributed by atoms with E-state index < -0.39 is 0 Å². The first-order valence-electron chi connectivity index (χ1n) is 0. The van der Waals surface area contributed by atoms with Crippen molar-refractivity contribution in [1.82, 2.24) is 0 Å². The molecule has 0 aliphatic rings. The van der Waals surface area contributed by atoms with E-state index in [9.17, 15) is 0 Å². The van der Waals surface area contributed by atoms with Crippen LogP contribution in [-0.2, 0) is 60.0 Å². The summed E-state index contributed by atoms with van der Waals surface area (Å²) in [7, 11) is 0. The fourth-order valence-electron chi connectivity index (χ4n) is 0. The van der Waals surface area contributed by atoms with Gasteiger partial charge in [-0.1, -0.05) is 0 Å². The minimum Gasteiger partial charge on any atom is -2.00 e. The van der Waals surface area contributed by atoms with Crippen molar-refractivity contribution in [3.63, 3.8) is 0 Å². The van der Waals surface area contributed by atoms with Gasteiger partial charge in [0.05, 0.1) is 0 Å². The van der Waals surface area contributed by atoms with Gasteiger partial charge in [-0.15, -0.1) is 0 Å². The maximum Gasteiger partial charge on any atom is 6.00 e. The van der Waals surface area contributed by atoms with Gasteiger partial charge >= 0.3 is 38.1 Å². The van der Waals surface area contributed by atoms with Crippen LogP contribution in [0.4, 0.5) is 0 Å². The van der Waals surface area contributed by atoms with E-state index >= 15 is 0 Å². The van der Waals surface area contributed by atoms with Crippen LogP contribution in [0, 0.1) is 0 Å². The standard InChI is InChI=1S/Mn.Mo.4O/q+2;+6;4*-2. The van der Waals surface area contributed by atoms with E-state index in [1.807, 2.05) is 0 Å². The molecule has 0 unspecified atom stereocenters. The molecule has 0 aliphatic heterocycles. The van der Waals surface area contributed by atoms with Crippen LogP contribution < -0.4 is 0 Å². The van der Waals surface area contributed by atoms with Crippen molar-refractivity contribution < 1.29 is 60.0 Å². The zero-order chi connectivity index (χ0) is 0. The topological polar surface area (TPSA) is 114 Å². The second-order valence-corrected chi connectivity index (χ2v) is 0. The van der Waals surface area contributed by atoms with E-state index in [0.29, 0.717) is 0 Å². The van der Waals surface area contributed by atoms with Crippen LogP contribution in [0.5, 0.6) is 0 Å². The molecule has 6 heavy (non-hydrogen) atoms. The molecule has 0 saturated carbocycles. The average molecular weight is 215 g/mol. The predicted octanol–water partition coefficient (Wildman–Crippen LogP) is -0.480. The van der Waals surface area contributed by atoms with E-state index in [-0.39, 0.29) is 60.0 Å². The van der Waals surface area contributed by atoms with E-state index in [0.717, 1.165) is 0 Å². The van der Waals surface area contributed by atoms with Gasteiger partial charge in [0.15, 0.2) is 0 Å². The molecule has 0 aliphatic carbocycles. The number of hydrogen-bond acceptors (Lipinski definition) is 0. The summed E-state index contributed by atoms with van der Waals surface area (Å²) >= 11 is 0. The summed E-state index contributed by atoms with van der Waals surface area (Å²) in [6.45, 7) is 0. The second-order valence-electron chi connectivity index (χ2n) is 0. The monoisotopic (exact) mass is 217 g/mol. The van der Waals surface area contributed by atoms with Crippen LogP contribution in [0.2, 0.25) is 0 Å². The van der Waals surface area contributed by atoms with Crippen molar-refractivity contribution in [1.29, 1.82) is 0 Å². The van der Waals surface area contributed by atoms with Crippen molar-refractivity contribution in [2.45, 2.75) is 0 Å². The molecule has 0 rings (SSSR count). The molecule has 0 spiro atoms. The summed E-state index contributed by atoms with van der Waals surface area (Å²) < 4.78 is 0. The molecule has 0 atom stereocenters. The maximum absolute atomic E-state index is 0. The smallest absolute Gasteiger partial charge is 2.00 e. The van der Waals surface area contributed by atoms with Crippen LogP contribution in [0.3, 0.4) is 0 Å².